The van der Waals surface area contributed by atoms with Crippen molar-refractivity contribution >= 4 is 11.9 Å². The number of hydrogen-bond donors (Lipinski definition) is 2. The summed E-state index contributed by atoms with van der Waals surface area (Å²) in [6, 6.07) is 5.86. The first kappa shape index (κ1) is 19.9. The molecule has 3 amide bonds. The molecule has 7 nitrogen and oxygen atoms in total. The van der Waals surface area contributed by atoms with E-state index in [0.717, 1.165) is 29.9 Å². The number of carbonyl (C=O) groups is 2. The van der Waals surface area contributed by atoms with Crippen molar-refractivity contribution in [2.75, 3.05) is 39.4 Å². The SMILES string of the molecule is CCOc1ccc(CCCNC(=O)N2CCNC(=O)CC2)cc1OCC. The highest BCUT2D eigenvalue weighted by Crippen LogP contribution is 2.28. The lowest BCUT2D eigenvalue weighted by atomic mass is 10.1. The molecule has 1 aromatic rings. The van der Waals surface area contributed by atoms with E-state index in [0.29, 0.717) is 45.8 Å². The maximum atomic E-state index is 12.2. The highest BCUT2D eigenvalue weighted by Gasteiger charge is 2.17. The predicted molar refractivity (Wildman–Crippen MR) is 99.7 cm³/mol. The normalized spacial score (nSPS) is 14.4. The highest BCUT2D eigenvalue weighted by atomic mass is 16.5. The fourth-order valence-electron chi connectivity index (χ4n) is 2.82. The molecule has 26 heavy (non-hydrogen) atoms. The first-order chi connectivity index (χ1) is 12.6. The first-order valence-corrected chi connectivity index (χ1v) is 9.32. The maximum Gasteiger partial charge on any atom is 0.317 e. The zero-order valence-electron chi connectivity index (χ0n) is 15.7. The Morgan fingerprint density at radius 3 is 2.73 bits per heavy atom. The summed E-state index contributed by atoms with van der Waals surface area (Å²) in [7, 11) is 0. The third-order valence-electron chi connectivity index (χ3n) is 4.13. The Kier molecular flexibility index (Phi) is 8.05. The lowest BCUT2D eigenvalue weighted by molar-refractivity contribution is -0.120. The lowest BCUT2D eigenvalue weighted by Crippen LogP contribution is -2.42. The minimum atomic E-state index is -0.108. The van der Waals surface area contributed by atoms with E-state index in [9.17, 15) is 9.59 Å². The molecular formula is C19H29N3O4. The summed E-state index contributed by atoms with van der Waals surface area (Å²) >= 11 is 0. The molecule has 0 spiro atoms. The Labute approximate surface area is 155 Å². The zero-order chi connectivity index (χ0) is 18.8. The van der Waals surface area contributed by atoms with Crippen LogP contribution in [-0.2, 0) is 11.2 Å². The van der Waals surface area contributed by atoms with Crippen LogP contribution in [0.3, 0.4) is 0 Å². The maximum absolute atomic E-state index is 12.2. The van der Waals surface area contributed by atoms with Gasteiger partial charge in [0.05, 0.1) is 13.2 Å². The van der Waals surface area contributed by atoms with Gasteiger partial charge in [0.25, 0.3) is 0 Å². The van der Waals surface area contributed by atoms with Crippen LogP contribution in [0.4, 0.5) is 4.79 Å². The average molecular weight is 363 g/mol. The van der Waals surface area contributed by atoms with Crippen molar-refractivity contribution in [3.63, 3.8) is 0 Å². The van der Waals surface area contributed by atoms with Crippen LogP contribution in [0.5, 0.6) is 11.5 Å². The molecule has 0 unspecified atom stereocenters. The van der Waals surface area contributed by atoms with E-state index in [4.69, 9.17) is 9.47 Å². The number of carbonyl (C=O) groups excluding carboxylic acids is 2. The predicted octanol–water partition coefficient (Wildman–Crippen LogP) is 1.95. The van der Waals surface area contributed by atoms with Crippen LogP contribution in [0.15, 0.2) is 18.2 Å². The van der Waals surface area contributed by atoms with E-state index in [-0.39, 0.29) is 11.9 Å². The molecule has 2 rings (SSSR count). The number of nitrogens with zero attached hydrogens (tertiary/aromatic N) is 1. The summed E-state index contributed by atoms with van der Waals surface area (Å²) in [4.78, 5) is 25.2. The summed E-state index contributed by atoms with van der Waals surface area (Å²) < 4.78 is 11.2. The Hall–Kier alpha value is -2.44. The summed E-state index contributed by atoms with van der Waals surface area (Å²) in [6.07, 6.45) is 2.03. The minimum Gasteiger partial charge on any atom is -0.490 e. The standard InChI is InChI=1S/C19H29N3O4/c1-3-25-16-8-7-15(14-17(16)26-4-2)6-5-10-21-19(24)22-12-9-18(23)20-11-13-22/h7-8,14H,3-6,9-13H2,1-2H3,(H,20,23)(H,21,24). The molecule has 144 valence electrons. The molecular weight excluding hydrogens is 334 g/mol. The van der Waals surface area contributed by atoms with Crippen LogP contribution in [0.25, 0.3) is 0 Å². The summed E-state index contributed by atoms with van der Waals surface area (Å²) in [6.45, 7) is 7.21. The number of nitrogens with one attached hydrogen (secondary N) is 2. The van der Waals surface area contributed by atoms with Gasteiger partial charge in [-0.3, -0.25) is 4.79 Å². The Balaban J connectivity index is 1.77. The molecule has 1 fully saturated rings. The Morgan fingerprint density at radius 2 is 1.96 bits per heavy atom. The Morgan fingerprint density at radius 1 is 1.19 bits per heavy atom. The molecule has 1 aromatic carbocycles. The molecule has 7 heteroatoms. The number of rotatable bonds is 8. The third-order valence-corrected chi connectivity index (χ3v) is 4.13. The van der Waals surface area contributed by atoms with E-state index in [1.807, 2.05) is 32.0 Å². The number of ether oxygens (including phenoxy) is 2. The van der Waals surface area contributed by atoms with Gasteiger partial charge in [-0.15, -0.1) is 0 Å². The van der Waals surface area contributed by atoms with Crippen molar-refractivity contribution in [1.29, 1.82) is 0 Å². The quantitative estimate of drug-likeness (QED) is 0.692. The largest absolute Gasteiger partial charge is 0.490 e. The molecule has 0 bridgehead atoms. The van der Waals surface area contributed by atoms with E-state index >= 15 is 0 Å². The molecule has 0 saturated carbocycles. The van der Waals surface area contributed by atoms with Crippen LogP contribution in [0.2, 0.25) is 0 Å². The van der Waals surface area contributed by atoms with Crippen LogP contribution in [-0.4, -0.2) is 56.2 Å². The van der Waals surface area contributed by atoms with Gasteiger partial charge in [-0.2, -0.15) is 0 Å². The molecule has 0 radical (unpaired) electrons. The molecule has 2 N–H and O–H groups in total. The van der Waals surface area contributed by atoms with E-state index in [2.05, 4.69) is 10.6 Å². The topological polar surface area (TPSA) is 79.9 Å². The number of benzene rings is 1. The molecule has 0 aromatic heterocycles. The molecule has 1 heterocycles. The van der Waals surface area contributed by atoms with Crippen molar-refractivity contribution in [3.8, 4) is 11.5 Å². The highest BCUT2D eigenvalue weighted by molar-refractivity contribution is 5.79. The summed E-state index contributed by atoms with van der Waals surface area (Å²) in [5.74, 6) is 1.52. The second kappa shape index (κ2) is 10.5. The van der Waals surface area contributed by atoms with Gasteiger partial charge in [0.2, 0.25) is 5.91 Å². The van der Waals surface area contributed by atoms with Crippen molar-refractivity contribution in [3.05, 3.63) is 23.8 Å². The summed E-state index contributed by atoms with van der Waals surface area (Å²) in [5, 5.41) is 5.69. The van der Waals surface area contributed by atoms with Gasteiger partial charge in [0.1, 0.15) is 0 Å². The minimum absolute atomic E-state index is 0.000835. The fourth-order valence-corrected chi connectivity index (χ4v) is 2.82. The van der Waals surface area contributed by atoms with Crippen molar-refractivity contribution in [2.24, 2.45) is 0 Å². The molecule has 1 saturated heterocycles. The second-order valence-electron chi connectivity index (χ2n) is 6.07. The summed E-state index contributed by atoms with van der Waals surface area (Å²) in [5.41, 5.74) is 1.15. The third kappa shape index (κ3) is 6.13. The van der Waals surface area contributed by atoms with Gasteiger partial charge >= 0.3 is 6.03 Å². The van der Waals surface area contributed by atoms with E-state index in [1.165, 1.54) is 0 Å². The zero-order valence-corrected chi connectivity index (χ0v) is 15.7. The number of aryl methyl sites for hydroxylation is 1. The number of urea groups is 1. The van der Waals surface area contributed by atoms with Crippen LogP contribution in [0, 0.1) is 0 Å². The van der Waals surface area contributed by atoms with Crippen molar-refractivity contribution < 1.29 is 19.1 Å². The number of hydrogen-bond acceptors (Lipinski definition) is 4. The van der Waals surface area contributed by atoms with Crippen LogP contribution < -0.4 is 20.1 Å². The molecule has 0 aliphatic carbocycles. The fraction of sp³-hybridized carbons (Fsp3) is 0.579. The van der Waals surface area contributed by atoms with Gasteiger partial charge in [-0.05, 0) is 44.4 Å². The van der Waals surface area contributed by atoms with E-state index < -0.39 is 0 Å². The molecule has 1 aliphatic rings. The van der Waals surface area contributed by atoms with Gasteiger partial charge in [-0.1, -0.05) is 6.07 Å². The number of amides is 3. The van der Waals surface area contributed by atoms with Gasteiger partial charge in [0, 0.05) is 32.6 Å². The van der Waals surface area contributed by atoms with Crippen molar-refractivity contribution in [2.45, 2.75) is 33.1 Å². The van der Waals surface area contributed by atoms with Gasteiger partial charge in [-0.25, -0.2) is 4.79 Å². The second-order valence-corrected chi connectivity index (χ2v) is 6.07. The smallest absolute Gasteiger partial charge is 0.317 e. The van der Waals surface area contributed by atoms with Crippen molar-refractivity contribution in [1.82, 2.24) is 15.5 Å². The van der Waals surface area contributed by atoms with Crippen LogP contribution in [0.1, 0.15) is 32.3 Å². The van der Waals surface area contributed by atoms with Gasteiger partial charge < -0.3 is 25.0 Å². The average Bonchev–Trinajstić information content (AvgIpc) is 2.85. The van der Waals surface area contributed by atoms with Crippen LogP contribution >= 0.6 is 0 Å². The molecule has 0 atom stereocenters. The van der Waals surface area contributed by atoms with E-state index in [1.54, 1.807) is 4.90 Å². The lowest BCUT2D eigenvalue weighted by Gasteiger charge is -2.20. The Bertz CT molecular complexity index is 606. The van der Waals surface area contributed by atoms with Gasteiger partial charge in [0.15, 0.2) is 11.5 Å². The molecule has 1 aliphatic heterocycles. The monoisotopic (exact) mass is 363 g/mol. The first-order valence-electron chi connectivity index (χ1n) is 9.32.